The zero-order chi connectivity index (χ0) is 23.7. The second kappa shape index (κ2) is 9.24. The number of Topliss-reactive ketones (excluding diaryl/α,β-unsaturated/α-hetero) is 1. The van der Waals surface area contributed by atoms with E-state index in [0.717, 1.165) is 0 Å². The van der Waals surface area contributed by atoms with Crippen LogP contribution in [0.2, 0.25) is 0 Å². The Morgan fingerprint density at radius 2 is 1.88 bits per heavy atom. The number of halogens is 3. The van der Waals surface area contributed by atoms with Crippen molar-refractivity contribution in [3.8, 4) is 0 Å². The van der Waals surface area contributed by atoms with Gasteiger partial charge in [0.15, 0.2) is 5.78 Å². The molecule has 0 unspecified atom stereocenters. The van der Waals surface area contributed by atoms with Crippen LogP contribution in [0.1, 0.15) is 64.0 Å². The fourth-order valence-electron chi connectivity index (χ4n) is 4.51. The summed E-state index contributed by atoms with van der Waals surface area (Å²) >= 11 is 0. The maximum absolute atomic E-state index is 14.6. The molecule has 1 aliphatic heterocycles. The zero-order valence-corrected chi connectivity index (χ0v) is 18.8. The average Bonchev–Trinajstić information content (AvgIpc) is 3.12. The van der Waals surface area contributed by atoms with Gasteiger partial charge in [-0.15, -0.1) is 0 Å². The largest absolute Gasteiger partial charge is 0.355 e. The van der Waals surface area contributed by atoms with E-state index in [-0.39, 0.29) is 62.2 Å². The van der Waals surface area contributed by atoms with Gasteiger partial charge in [-0.2, -0.15) is 0 Å². The van der Waals surface area contributed by atoms with Crippen LogP contribution in [0.25, 0.3) is 0 Å². The number of ketones is 1. The summed E-state index contributed by atoms with van der Waals surface area (Å²) in [4.78, 5) is 37.3. The van der Waals surface area contributed by atoms with Crippen LogP contribution in [-0.2, 0) is 26.2 Å². The smallest absolute Gasteiger partial charge is 0.248 e. The molecule has 3 rings (SSSR count). The summed E-state index contributed by atoms with van der Waals surface area (Å²) in [5, 5.41) is 5.31. The molecule has 1 heterocycles. The summed E-state index contributed by atoms with van der Waals surface area (Å²) in [5.74, 6) is -5.19. The van der Waals surface area contributed by atoms with E-state index in [1.165, 1.54) is 6.07 Å². The van der Waals surface area contributed by atoms with Crippen molar-refractivity contribution in [2.45, 2.75) is 76.7 Å². The van der Waals surface area contributed by atoms with Gasteiger partial charge in [0.25, 0.3) is 0 Å². The summed E-state index contributed by atoms with van der Waals surface area (Å²) in [7, 11) is 0. The highest BCUT2D eigenvalue weighted by molar-refractivity contribution is 5.94. The third kappa shape index (κ3) is 5.90. The summed E-state index contributed by atoms with van der Waals surface area (Å²) in [6.45, 7) is 5.86. The Kier molecular flexibility index (Phi) is 7.00. The normalized spacial score (nSPS) is 22.3. The quantitative estimate of drug-likeness (QED) is 0.692. The van der Waals surface area contributed by atoms with Crippen molar-refractivity contribution in [3.63, 3.8) is 0 Å². The van der Waals surface area contributed by atoms with Gasteiger partial charge in [-0.1, -0.05) is 32.9 Å². The molecule has 2 aliphatic rings. The minimum atomic E-state index is -2.76. The van der Waals surface area contributed by atoms with Gasteiger partial charge in [-0.05, 0) is 41.4 Å². The van der Waals surface area contributed by atoms with Gasteiger partial charge in [0, 0.05) is 32.2 Å². The first-order valence-electron chi connectivity index (χ1n) is 11.1. The summed E-state index contributed by atoms with van der Waals surface area (Å²) in [5.41, 5.74) is 0.619. The molecule has 8 heteroatoms. The standard InChI is InChI=1S/C24H31F3N2O3/c1-23(2,3)17-5-4-14(10-18(17)25)11-19(30)21(15-6-8-24(26,27)9-7-15)29-22(32)16-12-20(31)28-13-16/h4-5,10,15-16,21H,6-9,11-13H2,1-3H3,(H,28,31)(H,29,32)/t16-,21-/m0/s1. The third-order valence-electron chi connectivity index (χ3n) is 6.45. The molecule has 2 N–H and O–H groups in total. The lowest BCUT2D eigenvalue weighted by Crippen LogP contribution is -2.50. The van der Waals surface area contributed by atoms with Crippen molar-refractivity contribution in [3.05, 3.63) is 35.1 Å². The number of amides is 2. The van der Waals surface area contributed by atoms with Crippen LogP contribution in [0, 0.1) is 17.7 Å². The first kappa shape index (κ1) is 24.3. The first-order valence-corrected chi connectivity index (χ1v) is 11.1. The van der Waals surface area contributed by atoms with Crippen LogP contribution >= 0.6 is 0 Å². The number of nitrogens with one attached hydrogen (secondary N) is 2. The Bertz CT molecular complexity index is 885. The van der Waals surface area contributed by atoms with Gasteiger partial charge in [0.2, 0.25) is 17.7 Å². The second-order valence-electron chi connectivity index (χ2n) is 10.1. The molecule has 2 atom stereocenters. The van der Waals surface area contributed by atoms with Gasteiger partial charge < -0.3 is 10.6 Å². The van der Waals surface area contributed by atoms with E-state index < -0.39 is 35.5 Å². The molecule has 1 saturated carbocycles. The van der Waals surface area contributed by atoms with Crippen molar-refractivity contribution in [1.82, 2.24) is 10.6 Å². The van der Waals surface area contributed by atoms with E-state index >= 15 is 0 Å². The monoisotopic (exact) mass is 452 g/mol. The van der Waals surface area contributed by atoms with Gasteiger partial charge in [-0.3, -0.25) is 14.4 Å². The van der Waals surface area contributed by atoms with Crippen molar-refractivity contribution < 1.29 is 27.6 Å². The van der Waals surface area contributed by atoms with Crippen LogP contribution in [0.4, 0.5) is 13.2 Å². The van der Waals surface area contributed by atoms with E-state index in [1.807, 2.05) is 20.8 Å². The van der Waals surface area contributed by atoms with Crippen molar-refractivity contribution in [2.24, 2.45) is 11.8 Å². The van der Waals surface area contributed by atoms with Crippen molar-refractivity contribution >= 4 is 17.6 Å². The Hall–Kier alpha value is -2.38. The van der Waals surface area contributed by atoms with E-state index in [0.29, 0.717) is 11.1 Å². The summed E-state index contributed by atoms with van der Waals surface area (Å²) in [6, 6.07) is 3.73. The van der Waals surface area contributed by atoms with Gasteiger partial charge >= 0.3 is 0 Å². The molecular weight excluding hydrogens is 421 g/mol. The minimum absolute atomic E-state index is 0.0367. The topological polar surface area (TPSA) is 75.3 Å². The van der Waals surface area contributed by atoms with Crippen LogP contribution in [0.15, 0.2) is 18.2 Å². The molecule has 176 valence electrons. The molecule has 2 fully saturated rings. The minimum Gasteiger partial charge on any atom is -0.355 e. The molecule has 0 radical (unpaired) electrons. The highest BCUT2D eigenvalue weighted by Gasteiger charge is 2.41. The molecule has 0 bridgehead atoms. The van der Waals surface area contributed by atoms with Crippen molar-refractivity contribution in [1.29, 1.82) is 0 Å². The van der Waals surface area contributed by atoms with E-state index in [9.17, 15) is 27.6 Å². The predicted molar refractivity (Wildman–Crippen MR) is 114 cm³/mol. The number of hydrogen-bond acceptors (Lipinski definition) is 3. The number of hydrogen-bond donors (Lipinski definition) is 2. The Balaban J connectivity index is 1.76. The van der Waals surface area contributed by atoms with Crippen LogP contribution < -0.4 is 10.6 Å². The highest BCUT2D eigenvalue weighted by Crippen LogP contribution is 2.38. The molecule has 0 spiro atoms. The Morgan fingerprint density at radius 1 is 1.22 bits per heavy atom. The van der Waals surface area contributed by atoms with Crippen LogP contribution in [0.3, 0.4) is 0 Å². The molecule has 0 aromatic heterocycles. The number of alkyl halides is 2. The van der Waals surface area contributed by atoms with E-state index in [2.05, 4.69) is 10.6 Å². The molecule has 1 aliphatic carbocycles. The van der Waals surface area contributed by atoms with Crippen LogP contribution in [-0.4, -0.2) is 36.1 Å². The first-order chi connectivity index (χ1) is 14.9. The number of benzene rings is 1. The van der Waals surface area contributed by atoms with E-state index in [4.69, 9.17) is 0 Å². The summed E-state index contributed by atoms with van der Waals surface area (Å²) in [6.07, 6.45) is -0.521. The van der Waals surface area contributed by atoms with Gasteiger partial charge in [0.1, 0.15) is 5.82 Å². The lowest BCUT2D eigenvalue weighted by atomic mass is 9.79. The molecule has 1 aromatic rings. The van der Waals surface area contributed by atoms with Gasteiger partial charge in [0.05, 0.1) is 12.0 Å². The lowest BCUT2D eigenvalue weighted by Gasteiger charge is -2.34. The SMILES string of the molecule is CC(C)(C)c1ccc(CC(=O)[C@@H](NC(=O)[C@@H]2CNC(=O)C2)C2CCC(F)(F)CC2)cc1F. The fourth-order valence-corrected chi connectivity index (χ4v) is 4.51. The third-order valence-corrected chi connectivity index (χ3v) is 6.45. The maximum atomic E-state index is 14.6. The molecule has 1 saturated heterocycles. The average molecular weight is 453 g/mol. The number of carbonyl (C=O) groups is 3. The Morgan fingerprint density at radius 3 is 2.41 bits per heavy atom. The molecule has 5 nitrogen and oxygen atoms in total. The fraction of sp³-hybridized carbons (Fsp3) is 0.625. The second-order valence-corrected chi connectivity index (χ2v) is 10.1. The molecule has 32 heavy (non-hydrogen) atoms. The Labute approximate surface area is 186 Å². The number of carbonyl (C=O) groups excluding carboxylic acids is 3. The molecule has 2 amide bonds. The predicted octanol–water partition coefficient (Wildman–Crippen LogP) is 3.68. The van der Waals surface area contributed by atoms with Crippen LogP contribution in [0.5, 0.6) is 0 Å². The lowest BCUT2D eigenvalue weighted by molar-refractivity contribution is -0.132. The highest BCUT2D eigenvalue weighted by atomic mass is 19.3. The van der Waals surface area contributed by atoms with E-state index in [1.54, 1.807) is 12.1 Å². The molecular formula is C24H31F3N2O3. The van der Waals surface area contributed by atoms with Gasteiger partial charge in [-0.25, -0.2) is 13.2 Å². The number of rotatable bonds is 6. The molecule has 1 aromatic carbocycles. The van der Waals surface area contributed by atoms with Crippen molar-refractivity contribution in [2.75, 3.05) is 6.54 Å². The maximum Gasteiger partial charge on any atom is 0.248 e. The summed E-state index contributed by atoms with van der Waals surface area (Å²) < 4.78 is 41.9. The zero-order valence-electron chi connectivity index (χ0n) is 18.8.